The lowest BCUT2D eigenvalue weighted by atomic mass is 9.60. The molecule has 1 saturated carbocycles. The van der Waals surface area contributed by atoms with Crippen molar-refractivity contribution in [3.63, 3.8) is 0 Å². The van der Waals surface area contributed by atoms with E-state index in [2.05, 4.69) is 84.4 Å². The SMILES string of the molecule is COc1ccc(CN2CC(c3ccccc3C(C)C)N(C3CC4(CCNCC4)C3)CC2C)cc1. The molecular weight excluding hydrogens is 418 g/mol. The Hall–Kier alpha value is -1.88. The molecule has 2 atom stereocenters. The summed E-state index contributed by atoms with van der Waals surface area (Å²) >= 11 is 0. The molecule has 2 unspecified atom stereocenters. The molecule has 0 aromatic heterocycles. The third kappa shape index (κ3) is 4.78. The molecule has 0 bridgehead atoms. The normalized spacial score (nSPS) is 26.0. The maximum absolute atomic E-state index is 5.37. The highest BCUT2D eigenvalue weighted by Crippen LogP contribution is 2.52. The Morgan fingerprint density at radius 2 is 1.71 bits per heavy atom. The minimum absolute atomic E-state index is 0.470. The van der Waals surface area contributed by atoms with Crippen molar-refractivity contribution in [3.8, 4) is 5.75 Å². The highest BCUT2D eigenvalue weighted by molar-refractivity contribution is 5.34. The van der Waals surface area contributed by atoms with Gasteiger partial charge in [-0.2, -0.15) is 0 Å². The molecule has 2 saturated heterocycles. The first-order valence-corrected chi connectivity index (χ1v) is 13.4. The van der Waals surface area contributed by atoms with Crippen molar-refractivity contribution < 1.29 is 4.74 Å². The Bertz CT molecular complexity index is 942. The Kier molecular flexibility index (Phi) is 7.02. The van der Waals surface area contributed by atoms with Gasteiger partial charge in [0.1, 0.15) is 5.75 Å². The van der Waals surface area contributed by atoms with Gasteiger partial charge in [0.05, 0.1) is 7.11 Å². The first-order valence-electron chi connectivity index (χ1n) is 13.4. The van der Waals surface area contributed by atoms with Gasteiger partial charge in [0.2, 0.25) is 0 Å². The van der Waals surface area contributed by atoms with E-state index in [9.17, 15) is 0 Å². The highest BCUT2D eigenvalue weighted by atomic mass is 16.5. The summed E-state index contributed by atoms with van der Waals surface area (Å²) in [4.78, 5) is 5.61. The van der Waals surface area contributed by atoms with Gasteiger partial charge in [0.25, 0.3) is 0 Å². The zero-order valence-corrected chi connectivity index (χ0v) is 21.6. The van der Waals surface area contributed by atoms with Crippen molar-refractivity contribution in [2.24, 2.45) is 5.41 Å². The summed E-state index contributed by atoms with van der Waals surface area (Å²) in [6.45, 7) is 12.8. The summed E-state index contributed by atoms with van der Waals surface area (Å²) in [5, 5.41) is 3.57. The van der Waals surface area contributed by atoms with E-state index < -0.39 is 0 Å². The van der Waals surface area contributed by atoms with Gasteiger partial charge in [0, 0.05) is 37.8 Å². The van der Waals surface area contributed by atoms with Crippen molar-refractivity contribution in [2.45, 2.75) is 77.0 Å². The maximum atomic E-state index is 5.37. The van der Waals surface area contributed by atoms with E-state index in [-0.39, 0.29) is 0 Å². The zero-order valence-electron chi connectivity index (χ0n) is 21.6. The van der Waals surface area contributed by atoms with E-state index in [1.165, 1.54) is 49.9 Å². The smallest absolute Gasteiger partial charge is 0.118 e. The lowest BCUT2D eigenvalue weighted by molar-refractivity contribution is -0.0784. The standard InChI is InChI=1S/C30H43N3O/c1-22(2)27-7-5-6-8-28(27)29-21-32(20-24-9-11-26(34-4)12-10-24)23(3)19-33(29)25-17-30(18-25)13-15-31-16-14-30/h5-12,22-23,25,29,31H,13-21H2,1-4H3. The van der Waals surface area contributed by atoms with E-state index in [4.69, 9.17) is 4.74 Å². The van der Waals surface area contributed by atoms with Gasteiger partial charge >= 0.3 is 0 Å². The molecule has 4 nitrogen and oxygen atoms in total. The van der Waals surface area contributed by atoms with Crippen LogP contribution in [0.1, 0.15) is 75.1 Å². The molecule has 2 aliphatic heterocycles. The van der Waals surface area contributed by atoms with Gasteiger partial charge < -0.3 is 10.1 Å². The van der Waals surface area contributed by atoms with Crippen LogP contribution in [-0.2, 0) is 6.54 Å². The van der Waals surface area contributed by atoms with Gasteiger partial charge in [-0.3, -0.25) is 9.80 Å². The third-order valence-electron chi connectivity index (χ3n) is 8.90. The van der Waals surface area contributed by atoms with Crippen molar-refractivity contribution in [2.75, 3.05) is 33.3 Å². The number of nitrogens with one attached hydrogen (secondary N) is 1. The molecule has 3 aliphatic rings. The molecule has 0 radical (unpaired) electrons. The number of methoxy groups -OCH3 is 1. The number of hydrogen-bond donors (Lipinski definition) is 1. The van der Waals surface area contributed by atoms with Crippen LogP contribution in [0, 0.1) is 5.41 Å². The first kappa shape index (κ1) is 23.8. The van der Waals surface area contributed by atoms with Crippen molar-refractivity contribution in [3.05, 3.63) is 65.2 Å². The average molecular weight is 462 g/mol. The maximum Gasteiger partial charge on any atom is 0.118 e. The number of piperazine rings is 1. The van der Waals surface area contributed by atoms with Gasteiger partial charge in [-0.25, -0.2) is 0 Å². The molecular formula is C30H43N3O. The Labute approximate surface area is 206 Å². The van der Waals surface area contributed by atoms with Crippen LogP contribution in [0.2, 0.25) is 0 Å². The van der Waals surface area contributed by atoms with Gasteiger partial charge in [-0.1, -0.05) is 50.2 Å². The van der Waals surface area contributed by atoms with E-state index in [0.29, 0.717) is 23.4 Å². The van der Waals surface area contributed by atoms with Gasteiger partial charge in [-0.15, -0.1) is 0 Å². The fourth-order valence-corrected chi connectivity index (χ4v) is 6.80. The molecule has 2 heterocycles. The highest BCUT2D eigenvalue weighted by Gasteiger charge is 2.49. The van der Waals surface area contributed by atoms with Crippen LogP contribution < -0.4 is 10.1 Å². The predicted molar refractivity (Wildman–Crippen MR) is 140 cm³/mol. The predicted octanol–water partition coefficient (Wildman–Crippen LogP) is 5.60. The van der Waals surface area contributed by atoms with Crippen LogP contribution in [0.5, 0.6) is 5.75 Å². The lowest BCUT2D eigenvalue weighted by Crippen LogP contribution is -2.61. The molecule has 34 heavy (non-hydrogen) atoms. The first-order chi connectivity index (χ1) is 16.5. The van der Waals surface area contributed by atoms with Gasteiger partial charge in [-0.05, 0) is 85.9 Å². The summed E-state index contributed by atoms with van der Waals surface area (Å²) in [6.07, 6.45) is 5.51. The Morgan fingerprint density at radius 1 is 1.00 bits per heavy atom. The van der Waals surface area contributed by atoms with Gasteiger partial charge in [0.15, 0.2) is 0 Å². The van der Waals surface area contributed by atoms with Crippen molar-refractivity contribution >= 4 is 0 Å². The summed E-state index contributed by atoms with van der Waals surface area (Å²) in [6, 6.07) is 19.6. The van der Waals surface area contributed by atoms with Crippen LogP contribution >= 0.6 is 0 Å². The lowest BCUT2D eigenvalue weighted by Gasteiger charge is -2.58. The Balaban J connectivity index is 1.39. The number of hydrogen-bond acceptors (Lipinski definition) is 4. The summed E-state index contributed by atoms with van der Waals surface area (Å²) in [5.74, 6) is 1.48. The topological polar surface area (TPSA) is 27.7 Å². The summed E-state index contributed by atoms with van der Waals surface area (Å²) in [7, 11) is 1.74. The van der Waals surface area contributed by atoms with E-state index in [1.54, 1.807) is 12.7 Å². The summed E-state index contributed by atoms with van der Waals surface area (Å²) < 4.78 is 5.37. The van der Waals surface area contributed by atoms with E-state index >= 15 is 0 Å². The number of ether oxygens (including phenoxy) is 1. The van der Waals surface area contributed by atoms with Crippen molar-refractivity contribution in [1.82, 2.24) is 15.1 Å². The molecule has 2 aromatic rings. The molecule has 5 rings (SSSR count). The molecule has 1 N–H and O–H groups in total. The monoisotopic (exact) mass is 461 g/mol. The average Bonchev–Trinajstić information content (AvgIpc) is 2.84. The molecule has 3 fully saturated rings. The van der Waals surface area contributed by atoms with E-state index in [1.807, 2.05) is 0 Å². The molecule has 0 amide bonds. The minimum atomic E-state index is 0.470. The quantitative estimate of drug-likeness (QED) is 0.606. The fourth-order valence-electron chi connectivity index (χ4n) is 6.80. The number of nitrogens with zero attached hydrogens (tertiary/aromatic N) is 2. The molecule has 1 spiro atoms. The van der Waals surface area contributed by atoms with Crippen LogP contribution in [-0.4, -0.2) is 55.2 Å². The summed E-state index contributed by atoms with van der Waals surface area (Å²) in [5.41, 5.74) is 5.05. The second kappa shape index (κ2) is 10.0. The Morgan fingerprint density at radius 3 is 2.38 bits per heavy atom. The second-order valence-corrected chi connectivity index (χ2v) is 11.4. The zero-order chi connectivity index (χ0) is 23.7. The molecule has 1 aliphatic carbocycles. The minimum Gasteiger partial charge on any atom is -0.497 e. The number of piperidine rings is 1. The van der Waals surface area contributed by atoms with Crippen LogP contribution in [0.4, 0.5) is 0 Å². The molecule has 184 valence electrons. The van der Waals surface area contributed by atoms with Crippen LogP contribution in [0.3, 0.4) is 0 Å². The second-order valence-electron chi connectivity index (χ2n) is 11.4. The molecule has 4 heteroatoms. The molecule has 2 aromatic carbocycles. The van der Waals surface area contributed by atoms with Crippen molar-refractivity contribution in [1.29, 1.82) is 0 Å². The van der Waals surface area contributed by atoms with Crippen LogP contribution in [0.15, 0.2) is 48.5 Å². The van der Waals surface area contributed by atoms with E-state index in [0.717, 1.165) is 31.4 Å². The fraction of sp³-hybridized carbons (Fsp3) is 0.600. The third-order valence-corrected chi connectivity index (χ3v) is 8.90. The number of rotatable bonds is 6. The van der Waals surface area contributed by atoms with Crippen LogP contribution in [0.25, 0.3) is 0 Å². The number of benzene rings is 2. The largest absolute Gasteiger partial charge is 0.497 e.